The van der Waals surface area contributed by atoms with Gasteiger partial charge < -0.3 is 4.74 Å². The van der Waals surface area contributed by atoms with Crippen LogP contribution in [-0.4, -0.2) is 41.6 Å². The average Bonchev–Trinajstić information content (AvgIpc) is 3.40. The van der Waals surface area contributed by atoms with E-state index in [1.807, 2.05) is 19.9 Å². The van der Waals surface area contributed by atoms with E-state index < -0.39 is 0 Å². The summed E-state index contributed by atoms with van der Waals surface area (Å²) in [7, 11) is 0. The highest BCUT2D eigenvalue weighted by Crippen LogP contribution is 2.63. The van der Waals surface area contributed by atoms with Crippen molar-refractivity contribution in [3.63, 3.8) is 0 Å². The minimum atomic E-state index is -0.272. The molecule has 1 fully saturated rings. The molecule has 0 unspecified atom stereocenters. The molecule has 164 valence electrons. The molecule has 0 aromatic carbocycles. The lowest BCUT2D eigenvalue weighted by molar-refractivity contribution is -0.143. The maximum Gasteiger partial charge on any atom is 0.306 e. The summed E-state index contributed by atoms with van der Waals surface area (Å²) < 4.78 is 5.55. The molecule has 6 nitrogen and oxygen atoms in total. The number of ether oxygens (including phenoxy) is 1. The smallest absolute Gasteiger partial charge is 0.306 e. The number of amides is 2. The third-order valence-electron chi connectivity index (χ3n) is 7.35. The van der Waals surface area contributed by atoms with Crippen molar-refractivity contribution >= 4 is 23.6 Å². The molecular formula is C25H29NO5. The van der Waals surface area contributed by atoms with Crippen molar-refractivity contribution in [2.75, 3.05) is 13.2 Å². The molecule has 31 heavy (non-hydrogen) atoms. The van der Waals surface area contributed by atoms with E-state index in [0.717, 1.165) is 41.6 Å². The van der Waals surface area contributed by atoms with Crippen molar-refractivity contribution in [3.8, 4) is 0 Å². The van der Waals surface area contributed by atoms with Crippen molar-refractivity contribution in [1.82, 2.24) is 4.90 Å². The summed E-state index contributed by atoms with van der Waals surface area (Å²) in [5.41, 5.74) is 5.05. The largest absolute Gasteiger partial charge is 0.461 e. The number of carbonyl (C=O) groups is 4. The lowest BCUT2D eigenvalue weighted by atomic mass is 9.70. The summed E-state index contributed by atoms with van der Waals surface area (Å²) in [5.74, 6) is -0.571. The molecule has 1 saturated carbocycles. The molecule has 0 radical (unpaired) electrons. The van der Waals surface area contributed by atoms with Gasteiger partial charge in [0.25, 0.3) is 11.8 Å². The van der Waals surface area contributed by atoms with Crippen LogP contribution in [0, 0.1) is 11.3 Å². The SMILES string of the molecule is CC1=C(COC(=O)CCCCCN2C(=O)C=CC2=O)C2=C(C)C3(CC3)[C@H](C)C(=O)C2=C1. The maximum absolute atomic E-state index is 12.9. The van der Waals surface area contributed by atoms with Crippen LogP contribution < -0.4 is 0 Å². The van der Waals surface area contributed by atoms with Gasteiger partial charge in [0.05, 0.1) is 0 Å². The summed E-state index contributed by atoms with van der Waals surface area (Å²) in [4.78, 5) is 49.4. The molecule has 0 saturated heterocycles. The Morgan fingerprint density at radius 3 is 2.42 bits per heavy atom. The van der Waals surface area contributed by atoms with Crippen molar-refractivity contribution in [3.05, 3.63) is 46.1 Å². The second-order valence-electron chi connectivity index (χ2n) is 9.09. The molecule has 1 atom stereocenters. The van der Waals surface area contributed by atoms with Gasteiger partial charge >= 0.3 is 5.97 Å². The third-order valence-corrected chi connectivity index (χ3v) is 7.35. The first-order chi connectivity index (χ1) is 14.8. The molecule has 1 heterocycles. The Bertz CT molecular complexity index is 971. The summed E-state index contributed by atoms with van der Waals surface area (Å²) >= 11 is 0. The summed E-state index contributed by atoms with van der Waals surface area (Å²) in [6.45, 7) is 6.71. The van der Waals surface area contributed by atoms with Gasteiger partial charge in [-0.3, -0.25) is 24.1 Å². The van der Waals surface area contributed by atoms with E-state index >= 15 is 0 Å². The zero-order chi connectivity index (χ0) is 22.3. The van der Waals surface area contributed by atoms with E-state index in [2.05, 4.69) is 6.92 Å². The first-order valence-electron chi connectivity index (χ1n) is 11.1. The summed E-state index contributed by atoms with van der Waals surface area (Å²) in [6.07, 6.45) is 8.96. The van der Waals surface area contributed by atoms with Gasteiger partial charge in [-0.2, -0.15) is 0 Å². The van der Waals surface area contributed by atoms with Crippen LogP contribution in [0.3, 0.4) is 0 Å². The second-order valence-corrected chi connectivity index (χ2v) is 9.09. The Hall–Kier alpha value is -2.76. The number of allylic oxidation sites excluding steroid dienone is 4. The van der Waals surface area contributed by atoms with Crippen molar-refractivity contribution < 1.29 is 23.9 Å². The maximum atomic E-state index is 12.9. The number of unbranched alkanes of at least 4 members (excludes halogenated alkanes) is 2. The number of fused-ring (bicyclic) bond motifs is 1. The fraction of sp³-hybridized carbons (Fsp3) is 0.520. The van der Waals surface area contributed by atoms with Gasteiger partial charge in [0.15, 0.2) is 5.78 Å². The number of imide groups is 1. The molecule has 0 bridgehead atoms. The molecule has 1 aliphatic heterocycles. The van der Waals surface area contributed by atoms with Crippen LogP contribution in [0.25, 0.3) is 0 Å². The van der Waals surface area contributed by atoms with E-state index in [4.69, 9.17) is 4.74 Å². The van der Waals surface area contributed by atoms with Gasteiger partial charge in [0.2, 0.25) is 0 Å². The first kappa shape index (κ1) is 21.5. The molecule has 2 amide bonds. The molecule has 1 spiro atoms. The molecule has 4 rings (SSSR count). The number of nitrogens with zero attached hydrogens (tertiary/aromatic N) is 1. The lowest BCUT2D eigenvalue weighted by Gasteiger charge is -2.32. The minimum Gasteiger partial charge on any atom is -0.461 e. The van der Waals surface area contributed by atoms with Gasteiger partial charge in [0, 0.05) is 47.6 Å². The van der Waals surface area contributed by atoms with Gasteiger partial charge in [-0.05, 0) is 56.8 Å². The predicted octanol–water partition coefficient (Wildman–Crippen LogP) is 3.59. The number of rotatable bonds is 8. The van der Waals surface area contributed by atoms with Crippen LogP contribution in [-0.2, 0) is 23.9 Å². The fourth-order valence-corrected chi connectivity index (χ4v) is 5.14. The second kappa shape index (κ2) is 8.06. The minimum absolute atomic E-state index is 0.0112. The Balaban J connectivity index is 1.26. The van der Waals surface area contributed by atoms with E-state index in [-0.39, 0.29) is 41.5 Å². The topological polar surface area (TPSA) is 80.8 Å². The zero-order valence-corrected chi connectivity index (χ0v) is 18.5. The molecule has 0 aromatic rings. The molecule has 3 aliphatic carbocycles. The number of esters is 1. The summed E-state index contributed by atoms with van der Waals surface area (Å²) in [6, 6.07) is 0. The van der Waals surface area contributed by atoms with Gasteiger partial charge in [0.1, 0.15) is 6.61 Å². The quantitative estimate of drug-likeness (QED) is 0.339. The van der Waals surface area contributed by atoms with Crippen LogP contribution in [0.15, 0.2) is 46.1 Å². The van der Waals surface area contributed by atoms with E-state index in [0.29, 0.717) is 25.8 Å². The molecule has 0 N–H and O–H groups in total. The Morgan fingerprint density at radius 2 is 1.77 bits per heavy atom. The Kier molecular flexibility index (Phi) is 5.58. The van der Waals surface area contributed by atoms with Crippen molar-refractivity contribution in [2.45, 2.75) is 59.3 Å². The third kappa shape index (κ3) is 3.73. The molecular weight excluding hydrogens is 394 g/mol. The number of hydrogen-bond donors (Lipinski definition) is 0. The Labute approximate surface area is 182 Å². The van der Waals surface area contributed by atoms with Gasteiger partial charge in [-0.15, -0.1) is 0 Å². The number of ketones is 1. The molecule has 4 aliphatic rings. The first-order valence-corrected chi connectivity index (χ1v) is 11.1. The van der Waals surface area contributed by atoms with E-state index in [1.165, 1.54) is 22.6 Å². The normalized spacial score (nSPS) is 23.8. The van der Waals surface area contributed by atoms with Crippen LogP contribution in [0.5, 0.6) is 0 Å². The highest BCUT2D eigenvalue weighted by Gasteiger charge is 2.56. The highest BCUT2D eigenvalue weighted by molar-refractivity contribution is 6.12. The molecule has 6 heteroatoms. The van der Waals surface area contributed by atoms with E-state index in [9.17, 15) is 19.2 Å². The van der Waals surface area contributed by atoms with Gasteiger partial charge in [-0.1, -0.05) is 18.9 Å². The average molecular weight is 424 g/mol. The van der Waals surface area contributed by atoms with Crippen molar-refractivity contribution in [1.29, 1.82) is 0 Å². The lowest BCUT2D eigenvalue weighted by Crippen LogP contribution is -2.31. The van der Waals surface area contributed by atoms with Crippen molar-refractivity contribution in [2.24, 2.45) is 11.3 Å². The highest BCUT2D eigenvalue weighted by atomic mass is 16.5. The zero-order valence-electron chi connectivity index (χ0n) is 18.5. The monoisotopic (exact) mass is 423 g/mol. The summed E-state index contributed by atoms with van der Waals surface area (Å²) in [5, 5.41) is 0. The molecule has 0 aromatic heterocycles. The predicted molar refractivity (Wildman–Crippen MR) is 115 cm³/mol. The number of hydrogen-bond acceptors (Lipinski definition) is 5. The van der Waals surface area contributed by atoms with Crippen LogP contribution >= 0.6 is 0 Å². The Morgan fingerprint density at radius 1 is 1.10 bits per heavy atom. The van der Waals surface area contributed by atoms with Crippen LogP contribution in [0.2, 0.25) is 0 Å². The van der Waals surface area contributed by atoms with Gasteiger partial charge in [-0.25, -0.2) is 0 Å². The number of carbonyl (C=O) groups excluding carboxylic acids is 4. The fourth-order valence-electron chi connectivity index (χ4n) is 5.14. The van der Waals surface area contributed by atoms with E-state index in [1.54, 1.807) is 0 Å². The standard InChI is InChI=1S/C25H29NO5/c1-15-13-18-23(16(2)25(10-11-25)17(3)24(18)30)19(15)14-31-22(29)7-5-4-6-12-26-20(27)8-9-21(26)28/h8-9,13,17H,4-7,10-12,14H2,1-3H3/t17-/m1/s1. The van der Waals surface area contributed by atoms with Crippen LogP contribution in [0.1, 0.15) is 59.3 Å². The van der Waals surface area contributed by atoms with Crippen LogP contribution in [0.4, 0.5) is 0 Å². The number of Topliss-reactive ketones (excluding diaryl/α,β-unsaturated/α-hetero) is 1.